The van der Waals surface area contributed by atoms with E-state index in [-0.39, 0.29) is 6.61 Å². The number of oxime groups is 1. The quantitative estimate of drug-likeness (QED) is 0.518. The summed E-state index contributed by atoms with van der Waals surface area (Å²) in [5.74, 6) is 0.600. The first-order valence-corrected chi connectivity index (χ1v) is 9.00. The van der Waals surface area contributed by atoms with Crippen LogP contribution in [0.5, 0.6) is 0 Å². The van der Waals surface area contributed by atoms with Crippen LogP contribution < -0.4 is 4.90 Å². The molecule has 6 nitrogen and oxygen atoms in total. The van der Waals surface area contributed by atoms with E-state index >= 15 is 0 Å². The highest BCUT2D eigenvalue weighted by Crippen LogP contribution is 2.31. The van der Waals surface area contributed by atoms with E-state index in [0.717, 1.165) is 23.4 Å². The third-order valence-electron chi connectivity index (χ3n) is 4.50. The van der Waals surface area contributed by atoms with E-state index in [0.29, 0.717) is 23.1 Å². The highest BCUT2D eigenvalue weighted by molar-refractivity contribution is 5.98. The fourth-order valence-electron chi connectivity index (χ4n) is 2.88. The molecule has 0 atom stereocenters. The molecule has 0 aliphatic carbocycles. The summed E-state index contributed by atoms with van der Waals surface area (Å²) < 4.78 is 44.1. The molecule has 0 bridgehead atoms. The van der Waals surface area contributed by atoms with Crippen molar-refractivity contribution in [1.82, 2.24) is 5.01 Å². The number of nitrogens with zero attached hydrogens (tertiary/aromatic N) is 4. The summed E-state index contributed by atoms with van der Waals surface area (Å²) in [5.41, 5.74) is 1.46. The Balaban J connectivity index is 1.78. The zero-order chi connectivity index (χ0) is 21.9. The van der Waals surface area contributed by atoms with Crippen LogP contribution in [0.1, 0.15) is 23.6 Å². The second-order valence-corrected chi connectivity index (χ2v) is 6.52. The van der Waals surface area contributed by atoms with E-state index in [1.807, 2.05) is 24.3 Å². The van der Waals surface area contributed by atoms with E-state index in [4.69, 9.17) is 9.57 Å². The van der Waals surface area contributed by atoms with Crippen LogP contribution in [0, 0.1) is 0 Å². The van der Waals surface area contributed by atoms with E-state index in [1.54, 1.807) is 29.9 Å². The van der Waals surface area contributed by atoms with Gasteiger partial charge in [0.15, 0.2) is 0 Å². The van der Waals surface area contributed by atoms with Crippen LogP contribution in [-0.4, -0.2) is 30.9 Å². The molecule has 2 aromatic rings. The second kappa shape index (κ2) is 8.48. The van der Waals surface area contributed by atoms with Crippen molar-refractivity contribution in [2.75, 3.05) is 19.1 Å². The van der Waals surface area contributed by atoms with Gasteiger partial charge in [-0.25, -0.2) is 9.91 Å². The lowest BCUT2D eigenvalue weighted by Gasteiger charge is -2.23. The van der Waals surface area contributed by atoms with Crippen LogP contribution in [0.15, 0.2) is 71.2 Å². The van der Waals surface area contributed by atoms with Gasteiger partial charge < -0.3 is 9.57 Å². The first kappa shape index (κ1) is 21.2. The standard InChI is InChI=1S/C21H21F3N4O2/c1-14(16-9-7-10-18(12-16)21(22,23)24)26-30-13-17-8-5-6-11-19(17)28-15(2)27(3)25-20(28)29-4/h5-12H,2,13H2,1,3-4H3/b26-14+. The molecular weight excluding hydrogens is 397 g/mol. The molecule has 0 saturated heterocycles. The first-order chi connectivity index (χ1) is 14.2. The van der Waals surface area contributed by atoms with E-state index in [2.05, 4.69) is 16.8 Å². The van der Waals surface area contributed by atoms with Gasteiger partial charge in [-0.1, -0.05) is 42.1 Å². The van der Waals surface area contributed by atoms with Gasteiger partial charge in [-0.05, 0) is 30.7 Å². The highest BCUT2D eigenvalue weighted by Gasteiger charge is 2.31. The Bertz CT molecular complexity index is 1000. The van der Waals surface area contributed by atoms with Crippen LogP contribution in [-0.2, 0) is 22.4 Å². The van der Waals surface area contributed by atoms with Crippen molar-refractivity contribution in [3.05, 3.63) is 77.6 Å². The van der Waals surface area contributed by atoms with Crippen LogP contribution in [0.25, 0.3) is 0 Å². The van der Waals surface area contributed by atoms with Crippen LogP contribution in [0.4, 0.5) is 18.9 Å². The monoisotopic (exact) mass is 418 g/mol. The van der Waals surface area contributed by atoms with Gasteiger partial charge in [0.25, 0.3) is 0 Å². The van der Waals surface area contributed by atoms with Gasteiger partial charge in [0.1, 0.15) is 12.4 Å². The van der Waals surface area contributed by atoms with Crippen molar-refractivity contribution in [3.63, 3.8) is 0 Å². The molecule has 9 heteroatoms. The third kappa shape index (κ3) is 4.40. The molecule has 0 unspecified atom stereocenters. The Morgan fingerprint density at radius 2 is 1.90 bits per heavy atom. The largest absolute Gasteiger partial charge is 0.467 e. The maximum absolute atomic E-state index is 12.9. The maximum atomic E-state index is 12.9. The number of alkyl halides is 3. The molecule has 3 rings (SSSR count). The van der Waals surface area contributed by atoms with Gasteiger partial charge in [-0.3, -0.25) is 0 Å². The summed E-state index contributed by atoms with van der Waals surface area (Å²) in [6, 6.07) is 12.7. The predicted octanol–water partition coefficient (Wildman–Crippen LogP) is 4.79. The fraction of sp³-hybridized carbons (Fsp3) is 0.238. The van der Waals surface area contributed by atoms with Crippen molar-refractivity contribution in [1.29, 1.82) is 0 Å². The average molecular weight is 418 g/mol. The smallest absolute Gasteiger partial charge is 0.416 e. The lowest BCUT2D eigenvalue weighted by atomic mass is 10.1. The lowest BCUT2D eigenvalue weighted by Crippen LogP contribution is -2.29. The SMILES string of the molecule is C=C1N(C)N=C(OC)N1c1ccccc1CO/N=C(\C)c1cccc(C(F)(F)F)c1. The van der Waals surface area contributed by atoms with Gasteiger partial charge in [0, 0.05) is 12.6 Å². The van der Waals surface area contributed by atoms with Crippen LogP contribution in [0.3, 0.4) is 0 Å². The molecule has 0 amide bonds. The second-order valence-electron chi connectivity index (χ2n) is 6.52. The minimum atomic E-state index is -4.41. The van der Waals surface area contributed by atoms with E-state index in [9.17, 15) is 13.2 Å². The Hall–Kier alpha value is -3.49. The molecule has 1 aliphatic rings. The average Bonchev–Trinajstić information content (AvgIpc) is 3.01. The van der Waals surface area contributed by atoms with Crippen molar-refractivity contribution in [2.45, 2.75) is 19.7 Å². The summed E-state index contributed by atoms with van der Waals surface area (Å²) in [7, 11) is 3.27. The minimum absolute atomic E-state index is 0.0942. The number of amidine groups is 1. The maximum Gasteiger partial charge on any atom is 0.416 e. The Morgan fingerprint density at radius 1 is 1.17 bits per heavy atom. The molecular formula is C21H21F3N4O2. The molecule has 0 saturated carbocycles. The number of rotatable bonds is 5. The molecule has 1 aliphatic heterocycles. The van der Waals surface area contributed by atoms with Crippen molar-refractivity contribution in [3.8, 4) is 0 Å². The number of methoxy groups -OCH3 is 1. The molecule has 158 valence electrons. The highest BCUT2D eigenvalue weighted by atomic mass is 19.4. The molecule has 0 aromatic heterocycles. The van der Waals surface area contributed by atoms with Crippen molar-refractivity contribution >= 4 is 17.4 Å². The van der Waals surface area contributed by atoms with Gasteiger partial charge in [-0.2, -0.15) is 13.2 Å². The van der Waals surface area contributed by atoms with Gasteiger partial charge >= 0.3 is 12.2 Å². The predicted molar refractivity (Wildman–Crippen MR) is 109 cm³/mol. The molecule has 30 heavy (non-hydrogen) atoms. The van der Waals surface area contributed by atoms with Crippen molar-refractivity contribution in [2.24, 2.45) is 10.3 Å². The van der Waals surface area contributed by atoms with Crippen LogP contribution in [0.2, 0.25) is 0 Å². The zero-order valence-electron chi connectivity index (χ0n) is 16.8. The normalized spacial score (nSPS) is 14.8. The Kier molecular flexibility index (Phi) is 6.00. The van der Waals surface area contributed by atoms with Crippen molar-refractivity contribution < 1.29 is 22.7 Å². The molecule has 2 aromatic carbocycles. The number of hydrazone groups is 1. The number of anilines is 1. The minimum Gasteiger partial charge on any atom is -0.467 e. The number of halogens is 3. The number of benzene rings is 2. The lowest BCUT2D eigenvalue weighted by molar-refractivity contribution is -0.137. The Morgan fingerprint density at radius 3 is 2.60 bits per heavy atom. The number of ether oxygens (including phenoxy) is 1. The number of para-hydroxylation sites is 1. The molecule has 0 radical (unpaired) electrons. The first-order valence-electron chi connectivity index (χ1n) is 9.00. The van der Waals surface area contributed by atoms with Crippen LogP contribution >= 0.6 is 0 Å². The summed E-state index contributed by atoms with van der Waals surface area (Å²) in [6.45, 7) is 5.69. The molecule has 0 N–H and O–H groups in total. The van der Waals surface area contributed by atoms with Gasteiger partial charge in [0.05, 0.1) is 24.1 Å². The van der Waals surface area contributed by atoms with Gasteiger partial charge in [0.2, 0.25) is 0 Å². The molecule has 1 heterocycles. The summed E-state index contributed by atoms with van der Waals surface area (Å²) in [4.78, 5) is 7.19. The molecule has 0 fully saturated rings. The molecule has 0 spiro atoms. The number of hydrogen-bond acceptors (Lipinski definition) is 6. The fourth-order valence-corrected chi connectivity index (χ4v) is 2.88. The number of hydrogen-bond donors (Lipinski definition) is 0. The van der Waals surface area contributed by atoms with Gasteiger partial charge in [-0.15, -0.1) is 5.10 Å². The van der Waals surface area contributed by atoms with E-state index < -0.39 is 11.7 Å². The topological polar surface area (TPSA) is 49.7 Å². The van der Waals surface area contributed by atoms with E-state index in [1.165, 1.54) is 13.2 Å². The summed E-state index contributed by atoms with van der Waals surface area (Å²) >= 11 is 0. The summed E-state index contributed by atoms with van der Waals surface area (Å²) in [5, 5.41) is 9.84. The Labute approximate surface area is 172 Å². The zero-order valence-corrected chi connectivity index (χ0v) is 16.8. The third-order valence-corrected chi connectivity index (χ3v) is 4.50. The summed E-state index contributed by atoms with van der Waals surface area (Å²) in [6.07, 6.45) is -4.41.